The van der Waals surface area contributed by atoms with E-state index in [2.05, 4.69) is 20.8 Å². The monoisotopic (exact) mass is 246 g/mol. The predicted octanol–water partition coefficient (Wildman–Crippen LogP) is 1.06. The van der Waals surface area contributed by atoms with Gasteiger partial charge in [-0.1, -0.05) is 11.3 Å². The normalized spacial score (nSPS) is 10.0. The molecule has 15 heavy (non-hydrogen) atoms. The summed E-state index contributed by atoms with van der Waals surface area (Å²) < 4.78 is 0. The molecule has 1 rings (SSSR count). The second-order valence-corrected chi connectivity index (χ2v) is 4.73. The summed E-state index contributed by atoms with van der Waals surface area (Å²) in [4.78, 5) is 11.5. The lowest BCUT2D eigenvalue weighted by molar-refractivity contribution is 0.0952. The molecule has 0 aliphatic carbocycles. The molecular weight excluding hydrogens is 232 g/mol. The number of rotatable bonds is 6. The first-order valence-electron chi connectivity index (χ1n) is 4.56. The summed E-state index contributed by atoms with van der Waals surface area (Å²) in [5.41, 5.74) is 0. The third kappa shape index (κ3) is 4.05. The second-order valence-electron chi connectivity index (χ2n) is 2.76. The van der Waals surface area contributed by atoms with Crippen LogP contribution in [0.2, 0.25) is 0 Å². The number of aromatic nitrogens is 2. The van der Waals surface area contributed by atoms with Crippen molar-refractivity contribution in [2.75, 3.05) is 30.9 Å². The van der Waals surface area contributed by atoms with Crippen LogP contribution in [0.25, 0.3) is 0 Å². The third-order valence-electron chi connectivity index (χ3n) is 1.64. The Morgan fingerprint density at radius 2 is 2.33 bits per heavy atom. The van der Waals surface area contributed by atoms with E-state index in [9.17, 15) is 4.79 Å². The van der Waals surface area contributed by atoms with Gasteiger partial charge < -0.3 is 10.6 Å². The number of carbonyl (C=O) groups is 1. The highest BCUT2D eigenvalue weighted by Gasteiger charge is 2.10. The molecule has 2 N–H and O–H groups in total. The molecule has 84 valence electrons. The molecule has 1 amide bonds. The van der Waals surface area contributed by atoms with E-state index in [1.54, 1.807) is 18.8 Å². The molecule has 7 heteroatoms. The van der Waals surface area contributed by atoms with E-state index in [0.29, 0.717) is 16.7 Å². The minimum atomic E-state index is -0.143. The molecule has 0 spiro atoms. The average Bonchev–Trinajstić information content (AvgIpc) is 2.72. The number of thioether (sulfide) groups is 1. The van der Waals surface area contributed by atoms with Crippen LogP contribution in [0.4, 0.5) is 5.13 Å². The zero-order valence-corrected chi connectivity index (χ0v) is 10.4. The van der Waals surface area contributed by atoms with Crippen LogP contribution in [0.3, 0.4) is 0 Å². The molecule has 0 saturated heterocycles. The predicted molar refractivity (Wildman–Crippen MR) is 64.8 cm³/mol. The molecule has 0 atom stereocenters. The Kier molecular flexibility index (Phi) is 5.41. The molecule has 0 radical (unpaired) electrons. The molecule has 0 unspecified atom stereocenters. The summed E-state index contributed by atoms with van der Waals surface area (Å²) >= 11 is 3.02. The van der Waals surface area contributed by atoms with Crippen LogP contribution in [0.5, 0.6) is 0 Å². The van der Waals surface area contributed by atoms with Crippen molar-refractivity contribution < 1.29 is 4.79 Å². The first-order valence-corrected chi connectivity index (χ1v) is 6.77. The van der Waals surface area contributed by atoms with Crippen molar-refractivity contribution in [2.24, 2.45) is 0 Å². The lowest BCUT2D eigenvalue weighted by Gasteiger charge is -2.00. The van der Waals surface area contributed by atoms with Gasteiger partial charge in [-0.25, -0.2) is 0 Å². The molecule has 1 heterocycles. The highest BCUT2D eigenvalue weighted by atomic mass is 32.2. The number of amides is 1. The maximum Gasteiger partial charge on any atom is 0.282 e. The first-order chi connectivity index (χ1) is 7.27. The van der Waals surface area contributed by atoms with Crippen molar-refractivity contribution in [2.45, 2.75) is 6.42 Å². The minimum Gasteiger partial charge on any atom is -0.363 e. The summed E-state index contributed by atoms with van der Waals surface area (Å²) in [6, 6.07) is 0. The fourth-order valence-electron chi connectivity index (χ4n) is 0.910. The van der Waals surface area contributed by atoms with Crippen molar-refractivity contribution >= 4 is 34.1 Å². The molecule has 0 aliphatic heterocycles. The van der Waals surface area contributed by atoms with E-state index in [4.69, 9.17) is 0 Å². The maximum absolute atomic E-state index is 11.5. The molecular formula is C8H14N4OS2. The number of anilines is 1. The first kappa shape index (κ1) is 12.3. The maximum atomic E-state index is 11.5. The number of carbonyl (C=O) groups excluding carboxylic acids is 1. The number of hydrogen-bond acceptors (Lipinski definition) is 6. The van der Waals surface area contributed by atoms with Crippen LogP contribution >= 0.6 is 23.1 Å². The highest BCUT2D eigenvalue weighted by molar-refractivity contribution is 7.98. The number of hydrogen-bond donors (Lipinski definition) is 2. The molecule has 5 nitrogen and oxygen atoms in total. The van der Waals surface area contributed by atoms with Gasteiger partial charge >= 0.3 is 0 Å². The Bertz CT molecular complexity index is 315. The standard InChI is InChI=1S/C8H14N4OS2/c1-9-8-12-11-7(15-8)6(13)10-4-3-5-14-2/h3-5H2,1-2H3,(H,9,12)(H,10,13). The smallest absolute Gasteiger partial charge is 0.282 e. The SMILES string of the molecule is CNc1nnc(C(=O)NCCCSC)s1. The number of nitrogens with zero attached hydrogens (tertiary/aromatic N) is 2. The minimum absolute atomic E-state index is 0.143. The van der Waals surface area contributed by atoms with Crippen LogP contribution in [0.15, 0.2) is 0 Å². The summed E-state index contributed by atoms with van der Waals surface area (Å²) in [6.45, 7) is 0.689. The van der Waals surface area contributed by atoms with Gasteiger partial charge in [0.2, 0.25) is 10.1 Å². The van der Waals surface area contributed by atoms with Gasteiger partial charge in [-0.2, -0.15) is 11.8 Å². The summed E-state index contributed by atoms with van der Waals surface area (Å²) in [7, 11) is 1.75. The van der Waals surface area contributed by atoms with E-state index in [1.165, 1.54) is 11.3 Å². The lowest BCUT2D eigenvalue weighted by atomic mass is 10.4. The van der Waals surface area contributed by atoms with Gasteiger partial charge in [0, 0.05) is 13.6 Å². The Balaban J connectivity index is 2.33. The lowest BCUT2D eigenvalue weighted by Crippen LogP contribution is -2.24. The van der Waals surface area contributed by atoms with Crippen molar-refractivity contribution in [3.8, 4) is 0 Å². The van der Waals surface area contributed by atoms with Crippen LogP contribution in [-0.2, 0) is 0 Å². The summed E-state index contributed by atoms with van der Waals surface area (Å²) in [5.74, 6) is 0.910. The Hall–Kier alpha value is -0.820. The molecule has 0 bridgehead atoms. The average molecular weight is 246 g/mol. The van der Waals surface area contributed by atoms with Gasteiger partial charge in [0.05, 0.1) is 0 Å². The second kappa shape index (κ2) is 6.62. The van der Waals surface area contributed by atoms with Gasteiger partial charge in [-0.15, -0.1) is 10.2 Å². The van der Waals surface area contributed by atoms with Gasteiger partial charge in [-0.3, -0.25) is 4.79 Å². The fourth-order valence-corrected chi connectivity index (χ4v) is 1.96. The largest absolute Gasteiger partial charge is 0.363 e. The Morgan fingerprint density at radius 3 is 2.93 bits per heavy atom. The van der Waals surface area contributed by atoms with Crippen LogP contribution in [-0.4, -0.2) is 41.7 Å². The zero-order valence-electron chi connectivity index (χ0n) is 8.74. The molecule has 1 aromatic rings. The van der Waals surface area contributed by atoms with Crippen LogP contribution in [0, 0.1) is 0 Å². The van der Waals surface area contributed by atoms with E-state index >= 15 is 0 Å². The Morgan fingerprint density at radius 1 is 1.53 bits per heavy atom. The molecule has 0 fully saturated rings. The topological polar surface area (TPSA) is 66.9 Å². The van der Waals surface area contributed by atoms with Crippen molar-refractivity contribution in [1.29, 1.82) is 0 Å². The molecule has 1 aromatic heterocycles. The summed E-state index contributed by atoms with van der Waals surface area (Å²) in [6.07, 6.45) is 3.02. The van der Waals surface area contributed by atoms with Crippen molar-refractivity contribution in [3.63, 3.8) is 0 Å². The van der Waals surface area contributed by atoms with Gasteiger partial charge in [0.25, 0.3) is 5.91 Å². The van der Waals surface area contributed by atoms with E-state index in [0.717, 1.165) is 12.2 Å². The quantitative estimate of drug-likeness (QED) is 0.735. The fraction of sp³-hybridized carbons (Fsp3) is 0.625. The highest BCUT2D eigenvalue weighted by Crippen LogP contribution is 2.13. The van der Waals surface area contributed by atoms with E-state index in [1.807, 2.05) is 6.26 Å². The third-order valence-corrected chi connectivity index (χ3v) is 3.28. The molecule has 0 aliphatic rings. The van der Waals surface area contributed by atoms with Gasteiger partial charge in [0.15, 0.2) is 0 Å². The van der Waals surface area contributed by atoms with Gasteiger partial charge in [0.1, 0.15) is 0 Å². The number of nitrogens with one attached hydrogen (secondary N) is 2. The van der Waals surface area contributed by atoms with Gasteiger partial charge in [-0.05, 0) is 18.4 Å². The molecule has 0 aromatic carbocycles. The molecule has 0 saturated carbocycles. The van der Waals surface area contributed by atoms with E-state index < -0.39 is 0 Å². The summed E-state index contributed by atoms with van der Waals surface area (Å²) in [5, 5.41) is 14.3. The van der Waals surface area contributed by atoms with Crippen LogP contribution in [0.1, 0.15) is 16.2 Å². The van der Waals surface area contributed by atoms with Crippen molar-refractivity contribution in [3.05, 3.63) is 5.01 Å². The van der Waals surface area contributed by atoms with Crippen molar-refractivity contribution in [1.82, 2.24) is 15.5 Å². The Labute approximate surface area is 97.1 Å². The zero-order chi connectivity index (χ0) is 11.1. The van der Waals surface area contributed by atoms with E-state index in [-0.39, 0.29) is 5.91 Å². The van der Waals surface area contributed by atoms with Crippen LogP contribution < -0.4 is 10.6 Å².